The maximum Gasteiger partial charge on any atom is -0.00488 e. The molecule has 0 saturated carbocycles. The quantitative estimate of drug-likeness (QED) is 0.499. The van der Waals surface area contributed by atoms with Gasteiger partial charge in [0.25, 0.3) is 0 Å². The summed E-state index contributed by atoms with van der Waals surface area (Å²) in [4.78, 5) is 0. The molecule has 0 aromatic heterocycles. The molecule has 1 fully saturated rings. The van der Waals surface area contributed by atoms with E-state index in [9.17, 15) is 0 Å². The number of hydrogen-bond acceptors (Lipinski definition) is 1. The summed E-state index contributed by atoms with van der Waals surface area (Å²) < 4.78 is 0. The molecule has 0 aromatic carbocycles. The molecular weight excluding hydrogens is 98.1 g/mol. The highest BCUT2D eigenvalue weighted by molar-refractivity contribution is 4.68. The highest BCUT2D eigenvalue weighted by Gasteiger charge is 1.94. The van der Waals surface area contributed by atoms with Gasteiger partial charge >= 0.3 is 0 Å². The molecule has 0 aliphatic carbocycles. The van der Waals surface area contributed by atoms with E-state index in [-0.39, 0.29) is 0 Å². The Hall–Kier alpha value is -0.0400. The molecule has 1 rings (SSSR count). The first-order chi connectivity index (χ1) is 4.00. The second-order valence-corrected chi connectivity index (χ2v) is 2.32. The molecule has 0 atom stereocenters. The molecule has 1 aliphatic heterocycles. The van der Waals surface area contributed by atoms with Crippen molar-refractivity contribution in [1.82, 2.24) is 5.32 Å². The van der Waals surface area contributed by atoms with Gasteiger partial charge in [0, 0.05) is 0 Å². The molecule has 1 N–H and O–H groups in total. The van der Waals surface area contributed by atoms with Gasteiger partial charge in [0.05, 0.1) is 0 Å². The lowest BCUT2D eigenvalue weighted by molar-refractivity contribution is 0.576. The Morgan fingerprint density at radius 3 is 2.25 bits per heavy atom. The number of hydrogen-bond donors (Lipinski definition) is 1. The third kappa shape index (κ3) is 2.31. The average molecular weight is 112 g/mol. The van der Waals surface area contributed by atoms with E-state index in [0.717, 1.165) is 0 Å². The number of rotatable bonds is 0. The standard InChI is InChI=1S/C7H14N/c1-2-4-6-8-7-5-3-1/h1,8H,2-7H2. The van der Waals surface area contributed by atoms with Crippen LogP contribution in [0.3, 0.4) is 0 Å². The minimum Gasteiger partial charge on any atom is -0.317 e. The smallest absolute Gasteiger partial charge is 0.00488 e. The lowest BCUT2D eigenvalue weighted by Gasteiger charge is -2.07. The van der Waals surface area contributed by atoms with Crippen molar-refractivity contribution in [2.24, 2.45) is 0 Å². The van der Waals surface area contributed by atoms with Gasteiger partial charge in [-0.05, 0) is 45.2 Å². The Kier molecular flexibility index (Phi) is 2.97. The van der Waals surface area contributed by atoms with Crippen molar-refractivity contribution in [2.75, 3.05) is 13.1 Å². The fourth-order valence-corrected chi connectivity index (χ4v) is 1.01. The van der Waals surface area contributed by atoms with E-state index in [1.807, 2.05) is 0 Å². The van der Waals surface area contributed by atoms with Crippen LogP contribution in [0.15, 0.2) is 0 Å². The lowest BCUT2D eigenvalue weighted by Crippen LogP contribution is -2.18. The molecule has 0 amide bonds. The van der Waals surface area contributed by atoms with E-state index in [1.165, 1.54) is 38.8 Å². The van der Waals surface area contributed by atoms with Gasteiger partial charge in [-0.2, -0.15) is 0 Å². The molecule has 1 heterocycles. The second kappa shape index (κ2) is 3.90. The van der Waals surface area contributed by atoms with Gasteiger partial charge in [-0.25, -0.2) is 0 Å². The molecule has 1 heteroatoms. The molecule has 0 unspecified atom stereocenters. The monoisotopic (exact) mass is 112 g/mol. The molecule has 47 valence electrons. The van der Waals surface area contributed by atoms with Gasteiger partial charge in [-0.1, -0.05) is 0 Å². The maximum absolute atomic E-state index is 3.37. The summed E-state index contributed by atoms with van der Waals surface area (Å²) >= 11 is 0. The van der Waals surface area contributed by atoms with Crippen LogP contribution in [0.4, 0.5) is 0 Å². The van der Waals surface area contributed by atoms with Crippen molar-refractivity contribution in [1.29, 1.82) is 0 Å². The Labute approximate surface area is 51.5 Å². The van der Waals surface area contributed by atoms with Crippen molar-refractivity contribution in [3.63, 3.8) is 0 Å². The fraction of sp³-hybridized carbons (Fsp3) is 0.857. The minimum atomic E-state index is 1.22. The molecule has 1 aliphatic rings. The summed E-state index contributed by atoms with van der Waals surface area (Å²) in [5, 5.41) is 3.37. The summed E-state index contributed by atoms with van der Waals surface area (Å²) in [6, 6.07) is 0. The largest absolute Gasteiger partial charge is 0.317 e. The second-order valence-electron chi connectivity index (χ2n) is 2.32. The zero-order chi connectivity index (χ0) is 5.66. The normalized spacial score (nSPS) is 24.0. The third-order valence-electron chi connectivity index (χ3n) is 1.52. The van der Waals surface area contributed by atoms with Crippen molar-refractivity contribution in [2.45, 2.75) is 25.7 Å². The third-order valence-corrected chi connectivity index (χ3v) is 1.52. The van der Waals surface area contributed by atoms with Gasteiger partial charge in [-0.15, -0.1) is 0 Å². The minimum absolute atomic E-state index is 1.22. The first-order valence-corrected chi connectivity index (χ1v) is 3.52. The molecule has 8 heavy (non-hydrogen) atoms. The van der Waals surface area contributed by atoms with Crippen LogP contribution in [-0.4, -0.2) is 13.1 Å². The van der Waals surface area contributed by atoms with Crippen LogP contribution < -0.4 is 5.32 Å². The van der Waals surface area contributed by atoms with Gasteiger partial charge < -0.3 is 5.32 Å². The van der Waals surface area contributed by atoms with E-state index >= 15 is 0 Å². The first kappa shape index (κ1) is 6.09. The fourth-order valence-electron chi connectivity index (χ4n) is 1.01. The van der Waals surface area contributed by atoms with Gasteiger partial charge in [0.15, 0.2) is 0 Å². The Balaban J connectivity index is 2.00. The van der Waals surface area contributed by atoms with Crippen LogP contribution in [0.25, 0.3) is 0 Å². The number of nitrogens with one attached hydrogen (secondary N) is 1. The summed E-state index contributed by atoms with van der Waals surface area (Å²) in [5.74, 6) is 0. The summed E-state index contributed by atoms with van der Waals surface area (Å²) in [6.07, 6.45) is 7.70. The summed E-state index contributed by atoms with van der Waals surface area (Å²) in [7, 11) is 0. The molecule has 1 saturated heterocycles. The van der Waals surface area contributed by atoms with Crippen LogP contribution >= 0.6 is 0 Å². The summed E-state index contributed by atoms with van der Waals surface area (Å²) in [5.41, 5.74) is 0. The predicted octanol–water partition coefficient (Wildman–Crippen LogP) is 1.35. The molecule has 0 aromatic rings. The maximum atomic E-state index is 3.37. The van der Waals surface area contributed by atoms with E-state index < -0.39 is 0 Å². The Morgan fingerprint density at radius 1 is 1.00 bits per heavy atom. The van der Waals surface area contributed by atoms with Crippen molar-refractivity contribution < 1.29 is 0 Å². The first-order valence-electron chi connectivity index (χ1n) is 3.52. The molecular formula is C7H14N. The topological polar surface area (TPSA) is 12.0 Å². The van der Waals surface area contributed by atoms with E-state index in [1.54, 1.807) is 0 Å². The van der Waals surface area contributed by atoms with Crippen LogP contribution in [0.5, 0.6) is 0 Å². The molecule has 0 bridgehead atoms. The predicted molar refractivity (Wildman–Crippen MR) is 35.6 cm³/mol. The Morgan fingerprint density at radius 2 is 1.62 bits per heavy atom. The molecule has 0 spiro atoms. The van der Waals surface area contributed by atoms with E-state index in [2.05, 4.69) is 11.7 Å². The zero-order valence-electron chi connectivity index (χ0n) is 5.32. The van der Waals surface area contributed by atoms with Crippen LogP contribution in [0.1, 0.15) is 25.7 Å². The highest BCUT2D eigenvalue weighted by atomic mass is 14.8. The average Bonchev–Trinajstić information content (AvgIpc) is 1.62. The summed E-state index contributed by atoms with van der Waals surface area (Å²) in [6.45, 7) is 2.44. The van der Waals surface area contributed by atoms with E-state index in [0.29, 0.717) is 0 Å². The highest BCUT2D eigenvalue weighted by Crippen LogP contribution is 2.02. The SMILES string of the molecule is [CH]1CCCNCCC1. The molecule has 1 radical (unpaired) electrons. The zero-order valence-corrected chi connectivity index (χ0v) is 5.32. The van der Waals surface area contributed by atoms with Gasteiger partial charge in [0.2, 0.25) is 0 Å². The van der Waals surface area contributed by atoms with Crippen LogP contribution in [0, 0.1) is 6.42 Å². The van der Waals surface area contributed by atoms with Crippen molar-refractivity contribution in [3.8, 4) is 0 Å². The van der Waals surface area contributed by atoms with Gasteiger partial charge in [-0.3, -0.25) is 0 Å². The van der Waals surface area contributed by atoms with Crippen LogP contribution in [-0.2, 0) is 0 Å². The lowest BCUT2D eigenvalue weighted by atomic mass is 10.1. The Bertz CT molecular complexity index is 28.3. The van der Waals surface area contributed by atoms with Crippen LogP contribution in [0.2, 0.25) is 0 Å². The van der Waals surface area contributed by atoms with Crippen molar-refractivity contribution in [3.05, 3.63) is 6.42 Å². The van der Waals surface area contributed by atoms with E-state index in [4.69, 9.17) is 0 Å². The van der Waals surface area contributed by atoms with Gasteiger partial charge in [0.1, 0.15) is 0 Å². The molecule has 1 nitrogen and oxygen atoms in total. The van der Waals surface area contributed by atoms with Crippen molar-refractivity contribution >= 4 is 0 Å².